The Morgan fingerprint density at radius 1 is 1.24 bits per heavy atom. The number of thiazole rings is 1. The smallest absolute Gasteiger partial charge is 0.336 e. The monoisotopic (exact) mass is 303 g/mol. The van der Waals surface area contributed by atoms with Crippen molar-refractivity contribution in [3.8, 4) is 5.75 Å². The van der Waals surface area contributed by atoms with Gasteiger partial charge in [-0.1, -0.05) is 11.3 Å². The minimum atomic E-state index is -0.389. The summed E-state index contributed by atoms with van der Waals surface area (Å²) in [6.07, 6.45) is 0. The van der Waals surface area contributed by atoms with Gasteiger partial charge in [0.25, 0.3) is 0 Å². The summed E-state index contributed by atoms with van der Waals surface area (Å²) < 4.78 is 12.4. The summed E-state index contributed by atoms with van der Waals surface area (Å²) >= 11 is 1.18. The van der Waals surface area contributed by atoms with Gasteiger partial charge in [0.1, 0.15) is 17.9 Å². The maximum absolute atomic E-state index is 11.6. The molecule has 0 fully saturated rings. The Balaban J connectivity index is 1.73. The number of aromatic nitrogens is 1. The molecule has 0 unspecified atom stereocenters. The van der Waals surface area contributed by atoms with Crippen molar-refractivity contribution in [3.63, 3.8) is 0 Å². The van der Waals surface area contributed by atoms with Crippen LogP contribution in [-0.2, 0) is 6.54 Å². The molecule has 21 heavy (non-hydrogen) atoms. The summed E-state index contributed by atoms with van der Waals surface area (Å²) in [4.78, 5) is 22.8. The highest BCUT2D eigenvalue weighted by molar-refractivity contribution is 7.07. The normalized spacial score (nSPS) is 10.9. The predicted octanol–water partition coefficient (Wildman–Crippen LogP) is 2.40. The average molecular weight is 303 g/mol. The lowest BCUT2D eigenvalue weighted by Gasteiger charge is -2.08. The number of aryl methyl sites for hydroxylation is 1. The summed E-state index contributed by atoms with van der Waals surface area (Å²) in [5, 5.41) is 2.67. The predicted molar refractivity (Wildman–Crippen MR) is 81.3 cm³/mol. The van der Waals surface area contributed by atoms with Gasteiger partial charge >= 0.3 is 10.5 Å². The molecule has 0 N–H and O–H groups in total. The van der Waals surface area contributed by atoms with E-state index in [-0.39, 0.29) is 10.5 Å². The van der Waals surface area contributed by atoms with Crippen LogP contribution in [0, 0.1) is 6.92 Å². The Bertz CT molecular complexity index is 890. The molecule has 0 aliphatic heterocycles. The van der Waals surface area contributed by atoms with E-state index in [1.54, 1.807) is 16.7 Å². The maximum atomic E-state index is 11.6. The number of nitrogens with zero attached hydrogens (tertiary/aromatic N) is 1. The average Bonchev–Trinajstić information content (AvgIpc) is 2.78. The van der Waals surface area contributed by atoms with E-state index < -0.39 is 0 Å². The van der Waals surface area contributed by atoms with Crippen LogP contribution in [0.5, 0.6) is 5.75 Å². The van der Waals surface area contributed by atoms with Gasteiger partial charge in [-0.25, -0.2) is 4.79 Å². The highest BCUT2D eigenvalue weighted by atomic mass is 32.1. The van der Waals surface area contributed by atoms with Crippen LogP contribution in [0.25, 0.3) is 11.0 Å². The molecule has 3 aromatic rings. The van der Waals surface area contributed by atoms with Gasteiger partial charge in [0.05, 0.1) is 6.54 Å². The summed E-state index contributed by atoms with van der Waals surface area (Å²) in [6.45, 7) is 2.76. The fourth-order valence-electron chi connectivity index (χ4n) is 2.06. The van der Waals surface area contributed by atoms with Gasteiger partial charge in [0.2, 0.25) is 0 Å². The summed E-state index contributed by atoms with van der Waals surface area (Å²) in [7, 11) is 0. The molecule has 0 aliphatic carbocycles. The second-order valence-electron chi connectivity index (χ2n) is 4.60. The standard InChI is InChI=1S/C15H13NO4S/c1-10-9-21-15(18)16(10)6-7-19-12-4-2-11-3-5-14(17)20-13(11)8-12/h2-5,8-9H,6-7H2,1H3. The van der Waals surface area contributed by atoms with Crippen molar-refractivity contribution in [1.82, 2.24) is 4.57 Å². The topological polar surface area (TPSA) is 61.4 Å². The Labute approximate surface area is 124 Å². The van der Waals surface area contributed by atoms with Crippen LogP contribution >= 0.6 is 11.3 Å². The third kappa shape index (κ3) is 2.90. The zero-order chi connectivity index (χ0) is 14.8. The molecular weight excluding hydrogens is 290 g/mol. The second kappa shape index (κ2) is 5.57. The quantitative estimate of drug-likeness (QED) is 0.694. The first-order valence-electron chi connectivity index (χ1n) is 6.45. The number of hydrogen-bond donors (Lipinski definition) is 0. The van der Waals surface area contributed by atoms with Crippen molar-refractivity contribution in [3.05, 3.63) is 61.5 Å². The van der Waals surface area contributed by atoms with Gasteiger partial charge in [-0.15, -0.1) is 0 Å². The molecule has 6 heteroatoms. The van der Waals surface area contributed by atoms with Crippen LogP contribution in [0.15, 0.2) is 49.7 Å². The molecule has 1 aromatic carbocycles. The summed E-state index contributed by atoms with van der Waals surface area (Å²) in [6, 6.07) is 8.41. The highest BCUT2D eigenvalue weighted by Crippen LogP contribution is 2.19. The number of benzene rings is 1. The van der Waals surface area contributed by atoms with E-state index in [0.717, 1.165) is 11.1 Å². The third-order valence-corrected chi connectivity index (χ3v) is 4.04. The van der Waals surface area contributed by atoms with Crippen molar-refractivity contribution < 1.29 is 9.15 Å². The van der Waals surface area contributed by atoms with E-state index in [4.69, 9.17) is 9.15 Å². The summed E-state index contributed by atoms with van der Waals surface area (Å²) in [5.41, 5.74) is 1.03. The molecule has 0 radical (unpaired) electrons. The van der Waals surface area contributed by atoms with Crippen LogP contribution in [-0.4, -0.2) is 11.2 Å². The highest BCUT2D eigenvalue weighted by Gasteiger charge is 2.04. The molecule has 3 rings (SSSR count). The van der Waals surface area contributed by atoms with Gasteiger partial charge < -0.3 is 9.15 Å². The first-order chi connectivity index (χ1) is 10.1. The fraction of sp³-hybridized carbons (Fsp3) is 0.200. The zero-order valence-electron chi connectivity index (χ0n) is 11.4. The lowest BCUT2D eigenvalue weighted by molar-refractivity contribution is 0.296. The Morgan fingerprint density at radius 3 is 2.81 bits per heavy atom. The maximum Gasteiger partial charge on any atom is 0.336 e. The molecule has 0 aliphatic rings. The van der Waals surface area contributed by atoms with Gasteiger partial charge in [-0.05, 0) is 25.1 Å². The first-order valence-corrected chi connectivity index (χ1v) is 7.33. The molecule has 0 saturated heterocycles. The van der Waals surface area contributed by atoms with Crippen molar-refractivity contribution in [1.29, 1.82) is 0 Å². The molecule has 0 amide bonds. The van der Waals surface area contributed by atoms with E-state index in [0.29, 0.717) is 24.5 Å². The van der Waals surface area contributed by atoms with Crippen LogP contribution in [0.1, 0.15) is 5.69 Å². The minimum absolute atomic E-state index is 0.0145. The summed E-state index contributed by atoms with van der Waals surface area (Å²) in [5.74, 6) is 0.609. The van der Waals surface area contributed by atoms with Gasteiger partial charge in [0.15, 0.2) is 0 Å². The first kappa shape index (κ1) is 13.6. The molecule has 0 atom stereocenters. The van der Waals surface area contributed by atoms with E-state index in [9.17, 15) is 9.59 Å². The minimum Gasteiger partial charge on any atom is -0.492 e. The van der Waals surface area contributed by atoms with E-state index >= 15 is 0 Å². The van der Waals surface area contributed by atoms with E-state index in [1.807, 2.05) is 24.4 Å². The second-order valence-corrected chi connectivity index (χ2v) is 5.42. The molecular formula is C15H13NO4S. The lowest BCUT2D eigenvalue weighted by atomic mass is 10.2. The zero-order valence-corrected chi connectivity index (χ0v) is 12.2. The number of ether oxygens (including phenoxy) is 1. The van der Waals surface area contributed by atoms with Crippen molar-refractivity contribution >= 4 is 22.3 Å². The largest absolute Gasteiger partial charge is 0.492 e. The molecule has 2 aromatic heterocycles. The van der Waals surface area contributed by atoms with Crippen molar-refractivity contribution in [2.75, 3.05) is 6.61 Å². The van der Waals surface area contributed by atoms with Gasteiger partial charge in [0, 0.05) is 28.6 Å². The molecule has 2 heterocycles. The third-order valence-electron chi connectivity index (χ3n) is 3.15. The van der Waals surface area contributed by atoms with Crippen molar-refractivity contribution in [2.24, 2.45) is 0 Å². The Hall–Kier alpha value is -2.34. The van der Waals surface area contributed by atoms with Crippen LogP contribution < -0.4 is 15.2 Å². The van der Waals surface area contributed by atoms with Crippen LogP contribution in [0.2, 0.25) is 0 Å². The van der Waals surface area contributed by atoms with Crippen LogP contribution in [0.4, 0.5) is 0 Å². The van der Waals surface area contributed by atoms with Crippen molar-refractivity contribution in [2.45, 2.75) is 13.5 Å². The Morgan fingerprint density at radius 2 is 2.05 bits per heavy atom. The SMILES string of the molecule is Cc1csc(=O)n1CCOc1ccc2ccc(=O)oc2c1. The number of rotatable bonds is 4. The van der Waals surface area contributed by atoms with E-state index in [2.05, 4.69) is 0 Å². The van der Waals surface area contributed by atoms with E-state index in [1.165, 1.54) is 17.4 Å². The van der Waals surface area contributed by atoms with Gasteiger partial charge in [-0.3, -0.25) is 9.36 Å². The molecule has 0 saturated carbocycles. The number of hydrogen-bond acceptors (Lipinski definition) is 5. The van der Waals surface area contributed by atoms with Crippen LogP contribution in [0.3, 0.4) is 0 Å². The Kier molecular flexibility index (Phi) is 3.62. The number of fused-ring (bicyclic) bond motifs is 1. The lowest BCUT2D eigenvalue weighted by Crippen LogP contribution is -2.18. The molecule has 0 spiro atoms. The van der Waals surface area contributed by atoms with Gasteiger partial charge in [-0.2, -0.15) is 0 Å². The molecule has 0 bridgehead atoms. The molecule has 5 nitrogen and oxygen atoms in total. The fourth-order valence-corrected chi connectivity index (χ4v) is 2.82. The molecule has 108 valence electrons.